The molecule has 1 heterocycles. The third-order valence-electron chi connectivity index (χ3n) is 4.05. The minimum atomic E-state index is -0.293. The summed E-state index contributed by atoms with van der Waals surface area (Å²) in [5.41, 5.74) is 2.77. The van der Waals surface area contributed by atoms with Crippen molar-refractivity contribution in [3.8, 4) is 11.3 Å². The van der Waals surface area contributed by atoms with Gasteiger partial charge in [-0.2, -0.15) is 0 Å². The summed E-state index contributed by atoms with van der Waals surface area (Å²) in [6, 6.07) is 15.2. The summed E-state index contributed by atoms with van der Waals surface area (Å²) in [7, 11) is 0. The van der Waals surface area contributed by atoms with Crippen LogP contribution in [0.1, 0.15) is 17.9 Å². The van der Waals surface area contributed by atoms with E-state index in [0.29, 0.717) is 23.8 Å². The Kier molecular flexibility index (Phi) is 6.60. The second kappa shape index (κ2) is 9.32. The summed E-state index contributed by atoms with van der Waals surface area (Å²) >= 11 is 3.36. The Morgan fingerprint density at radius 3 is 2.57 bits per heavy atom. The quantitative estimate of drug-likeness (QED) is 0.577. The highest BCUT2D eigenvalue weighted by Gasteiger charge is 2.11. The highest BCUT2D eigenvalue weighted by Crippen LogP contribution is 2.22. The largest absolute Gasteiger partial charge is 0.441 e. The van der Waals surface area contributed by atoms with E-state index in [1.807, 2.05) is 49.4 Å². The Hall–Kier alpha value is -2.93. The maximum atomic E-state index is 12.0. The summed E-state index contributed by atoms with van der Waals surface area (Å²) in [6.07, 6.45) is 2.21. The second-order valence-corrected chi connectivity index (χ2v) is 7.14. The van der Waals surface area contributed by atoms with E-state index in [2.05, 4.69) is 31.5 Å². The average Bonchev–Trinajstić information content (AvgIpc) is 3.16. The van der Waals surface area contributed by atoms with Crippen LogP contribution in [-0.2, 0) is 16.0 Å². The SMILES string of the molecule is Cc1ccc(-c2cnc(CCC(=O)NCC(=O)Nc3ccccc3Br)o2)cc1. The summed E-state index contributed by atoms with van der Waals surface area (Å²) in [5.74, 6) is 0.627. The molecule has 144 valence electrons. The number of hydrogen-bond acceptors (Lipinski definition) is 4. The van der Waals surface area contributed by atoms with Crippen LogP contribution in [0.5, 0.6) is 0 Å². The van der Waals surface area contributed by atoms with E-state index >= 15 is 0 Å². The van der Waals surface area contributed by atoms with Gasteiger partial charge in [-0.1, -0.05) is 42.0 Å². The predicted molar refractivity (Wildman–Crippen MR) is 111 cm³/mol. The Balaban J connectivity index is 1.44. The highest BCUT2D eigenvalue weighted by atomic mass is 79.9. The van der Waals surface area contributed by atoms with Crippen LogP contribution in [0.3, 0.4) is 0 Å². The zero-order valence-electron chi connectivity index (χ0n) is 15.4. The smallest absolute Gasteiger partial charge is 0.243 e. The molecule has 0 unspecified atom stereocenters. The molecule has 2 amide bonds. The number of amides is 2. The van der Waals surface area contributed by atoms with Gasteiger partial charge in [-0.25, -0.2) is 4.98 Å². The van der Waals surface area contributed by atoms with Gasteiger partial charge in [-0.3, -0.25) is 9.59 Å². The standard InChI is InChI=1S/C21H20BrN3O3/c1-14-6-8-15(9-7-14)18-12-24-21(28-18)11-10-19(26)23-13-20(27)25-17-5-3-2-4-16(17)22/h2-9,12H,10-11,13H2,1H3,(H,23,26)(H,25,27). The molecule has 0 spiro atoms. The zero-order valence-corrected chi connectivity index (χ0v) is 17.0. The molecule has 2 N–H and O–H groups in total. The predicted octanol–water partition coefficient (Wildman–Crippen LogP) is 4.10. The molecule has 0 radical (unpaired) electrons. The van der Waals surface area contributed by atoms with E-state index in [1.54, 1.807) is 12.3 Å². The zero-order chi connectivity index (χ0) is 19.9. The molecule has 1 aromatic heterocycles. The fourth-order valence-electron chi connectivity index (χ4n) is 2.52. The maximum absolute atomic E-state index is 12.0. The van der Waals surface area contributed by atoms with Crippen molar-refractivity contribution in [1.29, 1.82) is 0 Å². The molecule has 0 aliphatic carbocycles. The Morgan fingerprint density at radius 1 is 1.07 bits per heavy atom. The molecular formula is C21H20BrN3O3. The van der Waals surface area contributed by atoms with Crippen molar-refractivity contribution in [2.75, 3.05) is 11.9 Å². The third-order valence-corrected chi connectivity index (χ3v) is 4.74. The summed E-state index contributed by atoms with van der Waals surface area (Å²) in [5, 5.41) is 5.33. The molecule has 3 rings (SSSR count). The lowest BCUT2D eigenvalue weighted by atomic mass is 10.1. The number of carbonyl (C=O) groups is 2. The number of oxazole rings is 1. The Bertz CT molecular complexity index is 967. The lowest BCUT2D eigenvalue weighted by molar-refractivity contribution is -0.124. The van der Waals surface area contributed by atoms with Crippen molar-refractivity contribution in [1.82, 2.24) is 10.3 Å². The molecule has 0 bridgehead atoms. The van der Waals surface area contributed by atoms with Crippen molar-refractivity contribution < 1.29 is 14.0 Å². The Labute approximate surface area is 171 Å². The molecule has 3 aromatic rings. The van der Waals surface area contributed by atoms with Crippen molar-refractivity contribution >= 4 is 33.4 Å². The first-order chi connectivity index (χ1) is 13.5. The molecule has 0 aliphatic rings. The van der Waals surface area contributed by atoms with Gasteiger partial charge in [0.15, 0.2) is 11.7 Å². The molecule has 0 atom stereocenters. The van der Waals surface area contributed by atoms with Gasteiger partial charge < -0.3 is 15.1 Å². The van der Waals surface area contributed by atoms with Gasteiger partial charge in [-0.05, 0) is 35.0 Å². The number of halogens is 1. The number of nitrogens with zero attached hydrogens (tertiary/aromatic N) is 1. The van der Waals surface area contributed by atoms with Gasteiger partial charge in [0.1, 0.15) is 0 Å². The number of aromatic nitrogens is 1. The number of rotatable bonds is 7. The van der Waals surface area contributed by atoms with E-state index in [9.17, 15) is 9.59 Å². The van der Waals surface area contributed by atoms with E-state index in [1.165, 1.54) is 5.56 Å². The van der Waals surface area contributed by atoms with Crippen LogP contribution in [0.25, 0.3) is 11.3 Å². The van der Waals surface area contributed by atoms with Crippen LogP contribution >= 0.6 is 15.9 Å². The molecule has 0 fully saturated rings. The fraction of sp³-hybridized carbons (Fsp3) is 0.190. The van der Waals surface area contributed by atoms with E-state index in [0.717, 1.165) is 10.0 Å². The van der Waals surface area contributed by atoms with Gasteiger partial charge >= 0.3 is 0 Å². The first-order valence-corrected chi connectivity index (χ1v) is 9.63. The normalized spacial score (nSPS) is 10.5. The molecule has 0 saturated carbocycles. The van der Waals surface area contributed by atoms with E-state index in [-0.39, 0.29) is 24.8 Å². The maximum Gasteiger partial charge on any atom is 0.243 e. The van der Waals surface area contributed by atoms with E-state index in [4.69, 9.17) is 4.42 Å². The van der Waals surface area contributed by atoms with Crippen LogP contribution in [0.15, 0.2) is 63.6 Å². The third kappa shape index (κ3) is 5.53. The minimum Gasteiger partial charge on any atom is -0.441 e. The second-order valence-electron chi connectivity index (χ2n) is 6.29. The highest BCUT2D eigenvalue weighted by molar-refractivity contribution is 9.10. The average molecular weight is 442 g/mol. The van der Waals surface area contributed by atoms with Crippen molar-refractivity contribution in [3.63, 3.8) is 0 Å². The summed E-state index contributed by atoms with van der Waals surface area (Å²) in [6.45, 7) is 1.92. The van der Waals surface area contributed by atoms with Crippen LogP contribution < -0.4 is 10.6 Å². The number of benzene rings is 2. The van der Waals surface area contributed by atoms with Crippen molar-refractivity contribution in [3.05, 3.63) is 70.7 Å². The topological polar surface area (TPSA) is 84.2 Å². The van der Waals surface area contributed by atoms with Crippen LogP contribution in [0.4, 0.5) is 5.69 Å². The molecule has 0 saturated heterocycles. The van der Waals surface area contributed by atoms with Crippen LogP contribution in [-0.4, -0.2) is 23.3 Å². The lowest BCUT2D eigenvalue weighted by Crippen LogP contribution is -2.33. The molecule has 6 nitrogen and oxygen atoms in total. The molecule has 0 aliphatic heterocycles. The molecule has 28 heavy (non-hydrogen) atoms. The van der Waals surface area contributed by atoms with Gasteiger partial charge in [0.05, 0.1) is 18.4 Å². The molecule has 7 heteroatoms. The number of carbonyl (C=O) groups excluding carboxylic acids is 2. The summed E-state index contributed by atoms with van der Waals surface area (Å²) < 4.78 is 6.48. The monoisotopic (exact) mass is 441 g/mol. The fourth-order valence-corrected chi connectivity index (χ4v) is 2.91. The van der Waals surface area contributed by atoms with Crippen molar-refractivity contribution in [2.45, 2.75) is 19.8 Å². The molecule has 2 aromatic carbocycles. The summed E-state index contributed by atoms with van der Waals surface area (Å²) in [4.78, 5) is 28.2. The van der Waals surface area contributed by atoms with Crippen molar-refractivity contribution in [2.24, 2.45) is 0 Å². The molecular weight excluding hydrogens is 422 g/mol. The number of anilines is 1. The van der Waals surface area contributed by atoms with E-state index < -0.39 is 0 Å². The number of aryl methyl sites for hydroxylation is 2. The first-order valence-electron chi connectivity index (χ1n) is 8.84. The number of nitrogens with one attached hydrogen (secondary N) is 2. The van der Waals surface area contributed by atoms with Crippen LogP contribution in [0.2, 0.25) is 0 Å². The van der Waals surface area contributed by atoms with Gasteiger partial charge in [0, 0.05) is 22.9 Å². The van der Waals surface area contributed by atoms with Crippen LogP contribution in [0, 0.1) is 6.92 Å². The lowest BCUT2D eigenvalue weighted by Gasteiger charge is -2.08. The number of hydrogen-bond donors (Lipinski definition) is 2. The number of para-hydroxylation sites is 1. The minimum absolute atomic E-state index is 0.0969. The Morgan fingerprint density at radius 2 is 1.82 bits per heavy atom. The van der Waals surface area contributed by atoms with Gasteiger partial charge in [0.25, 0.3) is 0 Å². The van der Waals surface area contributed by atoms with Gasteiger partial charge in [-0.15, -0.1) is 0 Å². The van der Waals surface area contributed by atoms with Gasteiger partial charge in [0.2, 0.25) is 11.8 Å². The first kappa shape index (κ1) is 19.8.